The van der Waals surface area contributed by atoms with Gasteiger partial charge in [-0.2, -0.15) is 0 Å². The summed E-state index contributed by atoms with van der Waals surface area (Å²) in [6.07, 6.45) is 4.81. The molecule has 1 N–H and O–H groups in total. The molecule has 0 spiro atoms. The summed E-state index contributed by atoms with van der Waals surface area (Å²) in [5.74, 6) is 1.51. The summed E-state index contributed by atoms with van der Waals surface area (Å²) in [5, 5.41) is 7.38. The molecule has 2 unspecified atom stereocenters. The van der Waals surface area contributed by atoms with Crippen LogP contribution in [-0.4, -0.2) is 45.7 Å². The van der Waals surface area contributed by atoms with E-state index in [0.717, 1.165) is 41.5 Å². The van der Waals surface area contributed by atoms with Gasteiger partial charge in [-0.1, -0.05) is 11.6 Å². The molecule has 134 valence electrons. The average Bonchev–Trinajstić information content (AvgIpc) is 3.26. The van der Waals surface area contributed by atoms with Crippen LogP contribution in [0.4, 0.5) is 0 Å². The SMILES string of the molecule is Cc1cc(-n2c(C)cc(C(=O)NC3CCN4CCCCC34)c2C)no1. The molecule has 2 aromatic heterocycles. The van der Waals surface area contributed by atoms with E-state index in [-0.39, 0.29) is 11.9 Å². The van der Waals surface area contributed by atoms with Crippen LogP contribution in [0, 0.1) is 20.8 Å². The zero-order chi connectivity index (χ0) is 17.6. The molecule has 2 atom stereocenters. The third kappa shape index (κ3) is 2.88. The van der Waals surface area contributed by atoms with Crippen molar-refractivity contribution < 1.29 is 9.32 Å². The van der Waals surface area contributed by atoms with E-state index in [1.807, 2.05) is 37.5 Å². The third-order valence-corrected chi connectivity index (χ3v) is 5.69. The fraction of sp³-hybridized carbons (Fsp3) is 0.579. The van der Waals surface area contributed by atoms with E-state index in [4.69, 9.17) is 4.52 Å². The zero-order valence-electron chi connectivity index (χ0n) is 15.2. The van der Waals surface area contributed by atoms with Crippen molar-refractivity contribution in [3.63, 3.8) is 0 Å². The zero-order valence-corrected chi connectivity index (χ0v) is 15.2. The lowest BCUT2D eigenvalue weighted by Crippen LogP contribution is -2.46. The summed E-state index contributed by atoms with van der Waals surface area (Å²) in [6, 6.07) is 4.62. The Labute approximate surface area is 148 Å². The predicted octanol–water partition coefficient (Wildman–Crippen LogP) is 2.75. The van der Waals surface area contributed by atoms with Crippen LogP contribution in [-0.2, 0) is 0 Å². The molecular weight excluding hydrogens is 316 g/mol. The number of hydrogen-bond donors (Lipinski definition) is 1. The fourth-order valence-corrected chi connectivity index (χ4v) is 4.47. The van der Waals surface area contributed by atoms with Crippen molar-refractivity contribution in [2.75, 3.05) is 13.1 Å². The van der Waals surface area contributed by atoms with Crippen LogP contribution in [0.3, 0.4) is 0 Å². The minimum atomic E-state index is 0.0250. The number of aryl methyl sites for hydroxylation is 2. The Balaban J connectivity index is 1.55. The number of fused-ring (bicyclic) bond motifs is 1. The molecule has 2 aliphatic rings. The fourth-order valence-electron chi connectivity index (χ4n) is 4.47. The first-order chi connectivity index (χ1) is 12.0. The summed E-state index contributed by atoms with van der Waals surface area (Å²) in [5.41, 5.74) is 2.62. The second-order valence-electron chi connectivity index (χ2n) is 7.38. The van der Waals surface area contributed by atoms with Crippen LogP contribution in [0.1, 0.15) is 53.2 Å². The van der Waals surface area contributed by atoms with E-state index in [9.17, 15) is 4.79 Å². The number of nitrogens with one attached hydrogen (secondary N) is 1. The van der Waals surface area contributed by atoms with Crippen molar-refractivity contribution in [2.45, 2.75) is 58.5 Å². The van der Waals surface area contributed by atoms with E-state index >= 15 is 0 Å². The van der Waals surface area contributed by atoms with E-state index in [0.29, 0.717) is 6.04 Å². The Morgan fingerprint density at radius 3 is 2.80 bits per heavy atom. The highest BCUT2D eigenvalue weighted by molar-refractivity contribution is 5.96. The predicted molar refractivity (Wildman–Crippen MR) is 95.1 cm³/mol. The summed E-state index contributed by atoms with van der Waals surface area (Å²) in [4.78, 5) is 15.4. The maximum Gasteiger partial charge on any atom is 0.253 e. The standard InChI is InChI=1S/C19H26N4O2/c1-12-10-15(14(3)23(12)18-11-13(2)25-21-18)19(24)20-16-7-9-22-8-5-4-6-17(16)22/h10-11,16-17H,4-9H2,1-3H3,(H,20,24). The van der Waals surface area contributed by atoms with Gasteiger partial charge in [0.2, 0.25) is 0 Å². The monoisotopic (exact) mass is 342 g/mol. The first-order valence-corrected chi connectivity index (χ1v) is 9.22. The van der Waals surface area contributed by atoms with Crippen molar-refractivity contribution in [2.24, 2.45) is 0 Å². The van der Waals surface area contributed by atoms with Gasteiger partial charge in [-0.25, -0.2) is 0 Å². The molecule has 0 radical (unpaired) electrons. The lowest BCUT2D eigenvalue weighted by molar-refractivity contribution is 0.0914. The van der Waals surface area contributed by atoms with Gasteiger partial charge in [0, 0.05) is 36.1 Å². The third-order valence-electron chi connectivity index (χ3n) is 5.69. The molecule has 0 aromatic carbocycles. The van der Waals surface area contributed by atoms with Crippen LogP contribution in [0.2, 0.25) is 0 Å². The number of piperidine rings is 1. The molecule has 2 aliphatic heterocycles. The van der Waals surface area contributed by atoms with Crippen molar-refractivity contribution in [1.29, 1.82) is 0 Å². The topological polar surface area (TPSA) is 63.3 Å². The molecule has 0 bridgehead atoms. The number of carbonyl (C=O) groups excluding carboxylic acids is 1. The second-order valence-corrected chi connectivity index (χ2v) is 7.38. The highest BCUT2D eigenvalue weighted by Gasteiger charge is 2.36. The number of amides is 1. The molecule has 6 heteroatoms. The van der Waals surface area contributed by atoms with E-state index < -0.39 is 0 Å². The first-order valence-electron chi connectivity index (χ1n) is 9.22. The lowest BCUT2D eigenvalue weighted by Gasteiger charge is -2.32. The number of carbonyl (C=O) groups is 1. The largest absolute Gasteiger partial charge is 0.360 e. The van der Waals surface area contributed by atoms with E-state index in [1.165, 1.54) is 25.8 Å². The quantitative estimate of drug-likeness (QED) is 0.932. The van der Waals surface area contributed by atoms with Crippen LogP contribution in [0.25, 0.3) is 5.82 Å². The molecule has 25 heavy (non-hydrogen) atoms. The Morgan fingerprint density at radius 1 is 1.20 bits per heavy atom. The summed E-state index contributed by atoms with van der Waals surface area (Å²) < 4.78 is 7.17. The van der Waals surface area contributed by atoms with Gasteiger partial charge < -0.3 is 9.84 Å². The highest BCUT2D eigenvalue weighted by atomic mass is 16.5. The number of rotatable bonds is 3. The van der Waals surface area contributed by atoms with Crippen LogP contribution < -0.4 is 5.32 Å². The Bertz CT molecular complexity index is 791. The summed E-state index contributed by atoms with van der Waals surface area (Å²) >= 11 is 0. The molecule has 0 saturated carbocycles. The van der Waals surface area contributed by atoms with Crippen molar-refractivity contribution >= 4 is 5.91 Å². The first kappa shape index (κ1) is 16.4. The maximum absolute atomic E-state index is 12.9. The Hall–Kier alpha value is -2.08. The van der Waals surface area contributed by atoms with Crippen LogP contribution >= 0.6 is 0 Å². The van der Waals surface area contributed by atoms with Gasteiger partial charge in [-0.15, -0.1) is 0 Å². The van der Waals surface area contributed by atoms with Gasteiger partial charge in [-0.05, 0) is 52.6 Å². The molecule has 2 aromatic rings. The van der Waals surface area contributed by atoms with Crippen molar-refractivity contribution in [1.82, 2.24) is 19.9 Å². The Morgan fingerprint density at radius 2 is 2.04 bits per heavy atom. The minimum absolute atomic E-state index is 0.0250. The maximum atomic E-state index is 12.9. The highest BCUT2D eigenvalue weighted by Crippen LogP contribution is 2.28. The average molecular weight is 342 g/mol. The van der Waals surface area contributed by atoms with Gasteiger partial charge >= 0.3 is 0 Å². The second kappa shape index (κ2) is 6.33. The van der Waals surface area contributed by atoms with Crippen molar-refractivity contribution in [3.8, 4) is 5.82 Å². The number of nitrogens with zero attached hydrogens (tertiary/aromatic N) is 3. The van der Waals surface area contributed by atoms with Gasteiger partial charge in [0.05, 0.1) is 5.56 Å². The normalized spacial score (nSPS) is 23.6. The molecule has 1 amide bonds. The molecule has 6 nitrogen and oxygen atoms in total. The van der Waals surface area contributed by atoms with Crippen LogP contribution in [0.5, 0.6) is 0 Å². The van der Waals surface area contributed by atoms with Gasteiger partial charge in [0.15, 0.2) is 5.82 Å². The smallest absolute Gasteiger partial charge is 0.253 e. The minimum Gasteiger partial charge on any atom is -0.360 e. The lowest BCUT2D eigenvalue weighted by atomic mass is 9.99. The van der Waals surface area contributed by atoms with E-state index in [2.05, 4.69) is 15.4 Å². The van der Waals surface area contributed by atoms with Crippen molar-refractivity contribution in [3.05, 3.63) is 34.8 Å². The summed E-state index contributed by atoms with van der Waals surface area (Å²) in [6.45, 7) is 8.11. The molecule has 2 saturated heterocycles. The molecule has 0 aliphatic carbocycles. The number of hydrogen-bond acceptors (Lipinski definition) is 4. The number of aromatic nitrogens is 2. The molecule has 2 fully saturated rings. The van der Waals surface area contributed by atoms with Gasteiger partial charge in [0.25, 0.3) is 5.91 Å². The molecule has 4 heterocycles. The molecular formula is C19H26N4O2. The van der Waals surface area contributed by atoms with E-state index in [1.54, 1.807) is 0 Å². The Kier molecular flexibility index (Phi) is 4.15. The summed E-state index contributed by atoms with van der Waals surface area (Å²) in [7, 11) is 0. The van der Waals surface area contributed by atoms with Gasteiger partial charge in [-0.3, -0.25) is 14.3 Å². The molecule has 4 rings (SSSR count). The van der Waals surface area contributed by atoms with Crippen LogP contribution in [0.15, 0.2) is 16.7 Å². The van der Waals surface area contributed by atoms with Gasteiger partial charge in [0.1, 0.15) is 5.76 Å².